The summed E-state index contributed by atoms with van der Waals surface area (Å²) >= 11 is 0. The van der Waals surface area contributed by atoms with Gasteiger partial charge in [-0.15, -0.1) is 0 Å². The highest BCUT2D eigenvalue weighted by Crippen LogP contribution is 2.41. The molecule has 0 radical (unpaired) electrons. The summed E-state index contributed by atoms with van der Waals surface area (Å²) < 4.78 is 0. The Bertz CT molecular complexity index is 320. The van der Waals surface area contributed by atoms with Gasteiger partial charge in [0.2, 0.25) is 0 Å². The molecule has 1 unspecified atom stereocenters. The highest BCUT2D eigenvalue weighted by atomic mass is 16.4. The third-order valence-electron chi connectivity index (χ3n) is 4.55. The number of carboxylic acid groups (broad SMARTS) is 1. The standard InChI is InChI=1S/C15H28N2O2/c1-11(2)16-15(14(18)19,13-4-5-13)10-17-8-6-12(3)7-9-17/h11-13,16H,4-10H2,1-3H3,(H,18,19). The molecular weight excluding hydrogens is 240 g/mol. The molecule has 0 aromatic heterocycles. The van der Waals surface area contributed by atoms with Crippen LogP contribution in [0, 0.1) is 11.8 Å². The molecule has 1 saturated carbocycles. The van der Waals surface area contributed by atoms with E-state index in [0.29, 0.717) is 12.5 Å². The van der Waals surface area contributed by atoms with Gasteiger partial charge < -0.3 is 10.0 Å². The van der Waals surface area contributed by atoms with E-state index in [9.17, 15) is 9.90 Å². The van der Waals surface area contributed by atoms with Crippen molar-refractivity contribution in [3.05, 3.63) is 0 Å². The highest BCUT2D eigenvalue weighted by molar-refractivity contribution is 5.80. The predicted octanol–water partition coefficient (Wildman–Crippen LogP) is 1.95. The van der Waals surface area contributed by atoms with Crippen LogP contribution in [0.4, 0.5) is 0 Å². The van der Waals surface area contributed by atoms with E-state index in [1.165, 1.54) is 12.8 Å². The van der Waals surface area contributed by atoms with Gasteiger partial charge in [0.15, 0.2) is 0 Å². The number of likely N-dealkylation sites (tertiary alicyclic amines) is 1. The SMILES string of the molecule is CC1CCN(CC(NC(C)C)(C(=O)O)C2CC2)CC1. The Morgan fingerprint density at radius 2 is 1.89 bits per heavy atom. The van der Waals surface area contributed by atoms with Crippen LogP contribution in [0.1, 0.15) is 46.5 Å². The first kappa shape index (κ1) is 14.8. The summed E-state index contributed by atoms with van der Waals surface area (Å²) in [6.45, 7) is 9.12. The quantitative estimate of drug-likeness (QED) is 0.773. The molecule has 0 spiro atoms. The number of hydrogen-bond acceptors (Lipinski definition) is 3. The molecule has 2 rings (SSSR count). The minimum absolute atomic E-state index is 0.209. The fourth-order valence-corrected chi connectivity index (χ4v) is 3.26. The fourth-order valence-electron chi connectivity index (χ4n) is 3.26. The summed E-state index contributed by atoms with van der Waals surface area (Å²) in [6.07, 6.45) is 4.50. The van der Waals surface area contributed by atoms with Gasteiger partial charge in [0.1, 0.15) is 5.54 Å². The van der Waals surface area contributed by atoms with Crippen molar-refractivity contribution < 1.29 is 9.90 Å². The molecule has 0 aromatic rings. The van der Waals surface area contributed by atoms with Crippen molar-refractivity contribution in [3.8, 4) is 0 Å². The van der Waals surface area contributed by atoms with Gasteiger partial charge in [-0.3, -0.25) is 10.1 Å². The molecule has 0 bridgehead atoms. The molecule has 1 aliphatic carbocycles. The maximum Gasteiger partial charge on any atom is 0.325 e. The molecule has 0 aromatic carbocycles. The van der Waals surface area contributed by atoms with Crippen molar-refractivity contribution in [3.63, 3.8) is 0 Å². The second-order valence-corrected chi connectivity index (χ2v) is 6.81. The molecule has 1 aliphatic heterocycles. The molecule has 1 atom stereocenters. The van der Waals surface area contributed by atoms with Crippen molar-refractivity contribution >= 4 is 5.97 Å². The van der Waals surface area contributed by atoms with Crippen LogP contribution in [0.25, 0.3) is 0 Å². The molecule has 4 nitrogen and oxygen atoms in total. The molecule has 1 saturated heterocycles. The smallest absolute Gasteiger partial charge is 0.325 e. The number of nitrogens with one attached hydrogen (secondary N) is 1. The van der Waals surface area contributed by atoms with Crippen LogP contribution in [0.3, 0.4) is 0 Å². The van der Waals surface area contributed by atoms with Gasteiger partial charge in [-0.1, -0.05) is 6.92 Å². The van der Waals surface area contributed by atoms with Gasteiger partial charge >= 0.3 is 5.97 Å². The van der Waals surface area contributed by atoms with Gasteiger partial charge in [0.25, 0.3) is 0 Å². The zero-order valence-electron chi connectivity index (χ0n) is 12.5. The molecule has 110 valence electrons. The van der Waals surface area contributed by atoms with Crippen molar-refractivity contribution in [2.24, 2.45) is 11.8 Å². The Morgan fingerprint density at radius 3 is 2.32 bits per heavy atom. The van der Waals surface area contributed by atoms with Crippen LogP contribution < -0.4 is 5.32 Å². The lowest BCUT2D eigenvalue weighted by Gasteiger charge is -2.40. The first-order valence-electron chi connectivity index (χ1n) is 7.67. The number of hydrogen-bond donors (Lipinski definition) is 2. The first-order valence-corrected chi connectivity index (χ1v) is 7.67. The molecule has 4 heteroatoms. The Morgan fingerprint density at radius 1 is 1.32 bits per heavy atom. The normalized spacial score (nSPS) is 25.5. The van der Waals surface area contributed by atoms with Crippen molar-refractivity contribution in [1.82, 2.24) is 10.2 Å². The molecule has 2 aliphatic rings. The Labute approximate surface area is 116 Å². The molecule has 2 fully saturated rings. The van der Waals surface area contributed by atoms with Crippen molar-refractivity contribution in [2.75, 3.05) is 19.6 Å². The average Bonchev–Trinajstić information content (AvgIpc) is 3.14. The predicted molar refractivity (Wildman–Crippen MR) is 76.2 cm³/mol. The third kappa shape index (κ3) is 3.48. The summed E-state index contributed by atoms with van der Waals surface area (Å²) in [6, 6.07) is 0.209. The minimum atomic E-state index is -0.727. The topological polar surface area (TPSA) is 52.6 Å². The summed E-state index contributed by atoms with van der Waals surface area (Å²) in [5, 5.41) is 13.1. The molecule has 19 heavy (non-hydrogen) atoms. The van der Waals surface area contributed by atoms with Crippen LogP contribution >= 0.6 is 0 Å². The van der Waals surface area contributed by atoms with E-state index in [-0.39, 0.29) is 6.04 Å². The van der Waals surface area contributed by atoms with Gasteiger partial charge in [-0.05, 0) is 64.5 Å². The summed E-state index contributed by atoms with van der Waals surface area (Å²) in [7, 11) is 0. The number of nitrogens with zero attached hydrogens (tertiary/aromatic N) is 1. The van der Waals surface area contributed by atoms with Crippen LogP contribution in [0.2, 0.25) is 0 Å². The van der Waals surface area contributed by atoms with Gasteiger partial charge in [-0.2, -0.15) is 0 Å². The highest BCUT2D eigenvalue weighted by Gasteiger charge is 2.52. The Hall–Kier alpha value is -0.610. The monoisotopic (exact) mass is 268 g/mol. The lowest BCUT2D eigenvalue weighted by atomic mass is 9.89. The number of rotatable bonds is 6. The van der Waals surface area contributed by atoms with Crippen molar-refractivity contribution in [1.29, 1.82) is 0 Å². The summed E-state index contributed by atoms with van der Waals surface area (Å²) in [5.74, 6) is 0.434. The van der Waals surface area contributed by atoms with Crippen LogP contribution in [0.15, 0.2) is 0 Å². The maximum atomic E-state index is 11.9. The van der Waals surface area contributed by atoms with Gasteiger partial charge in [0.05, 0.1) is 0 Å². The first-order chi connectivity index (χ1) is 8.94. The van der Waals surface area contributed by atoms with Gasteiger partial charge in [0, 0.05) is 12.6 Å². The lowest BCUT2D eigenvalue weighted by molar-refractivity contribution is -0.147. The van der Waals surface area contributed by atoms with Gasteiger partial charge in [-0.25, -0.2) is 0 Å². The lowest BCUT2D eigenvalue weighted by Crippen LogP contribution is -2.63. The molecular formula is C15H28N2O2. The van der Waals surface area contributed by atoms with E-state index in [1.54, 1.807) is 0 Å². The van der Waals surface area contributed by atoms with E-state index < -0.39 is 11.5 Å². The Kier molecular flexibility index (Phi) is 4.51. The van der Waals surface area contributed by atoms with E-state index in [1.807, 2.05) is 13.8 Å². The van der Waals surface area contributed by atoms with E-state index in [2.05, 4.69) is 17.1 Å². The average molecular weight is 268 g/mol. The second kappa shape index (κ2) is 5.80. The molecule has 2 N–H and O–H groups in total. The van der Waals surface area contributed by atoms with Crippen molar-refractivity contribution in [2.45, 2.75) is 58.0 Å². The maximum absolute atomic E-state index is 11.9. The number of carboxylic acids is 1. The number of carbonyl (C=O) groups is 1. The second-order valence-electron chi connectivity index (χ2n) is 6.81. The number of aliphatic carboxylic acids is 1. The Balaban J connectivity index is 2.06. The minimum Gasteiger partial charge on any atom is -0.480 e. The molecule has 1 heterocycles. The van der Waals surface area contributed by atoms with Crippen LogP contribution in [-0.2, 0) is 4.79 Å². The third-order valence-corrected chi connectivity index (χ3v) is 4.55. The van der Waals surface area contributed by atoms with Crippen LogP contribution in [-0.4, -0.2) is 47.2 Å². The van der Waals surface area contributed by atoms with E-state index in [0.717, 1.165) is 31.8 Å². The molecule has 0 amide bonds. The van der Waals surface area contributed by atoms with E-state index >= 15 is 0 Å². The zero-order valence-corrected chi connectivity index (χ0v) is 12.5. The van der Waals surface area contributed by atoms with E-state index in [4.69, 9.17) is 0 Å². The largest absolute Gasteiger partial charge is 0.480 e. The van der Waals surface area contributed by atoms with Crippen LogP contribution in [0.5, 0.6) is 0 Å². The summed E-state index contributed by atoms with van der Waals surface area (Å²) in [4.78, 5) is 14.2. The zero-order chi connectivity index (χ0) is 14.0. The number of piperidine rings is 1. The fraction of sp³-hybridized carbons (Fsp3) is 0.933. The summed E-state index contributed by atoms with van der Waals surface area (Å²) in [5.41, 5.74) is -0.727.